The number of hydrogen-bond donors (Lipinski definition) is 0. The number of benzene rings is 1. The van der Waals surface area contributed by atoms with E-state index in [9.17, 15) is 0 Å². The van der Waals surface area contributed by atoms with E-state index in [1.807, 2.05) is 18.4 Å². The number of rotatable bonds is 6. The molecule has 0 radical (unpaired) electrons. The monoisotopic (exact) mass is 520 g/mol. The van der Waals surface area contributed by atoms with Gasteiger partial charge in [0, 0.05) is 28.1 Å². The van der Waals surface area contributed by atoms with Crippen LogP contribution in [0.25, 0.3) is 11.1 Å². The van der Waals surface area contributed by atoms with E-state index in [0.29, 0.717) is 10.8 Å². The van der Waals surface area contributed by atoms with E-state index in [2.05, 4.69) is 46.8 Å². The van der Waals surface area contributed by atoms with Crippen LogP contribution >= 0.6 is 11.6 Å². The van der Waals surface area contributed by atoms with E-state index in [4.69, 9.17) is 16.0 Å². The first-order chi connectivity index (χ1) is 17.7. The van der Waals surface area contributed by atoms with Crippen molar-refractivity contribution in [1.82, 2.24) is 0 Å². The fourth-order valence-corrected chi connectivity index (χ4v) is 10.7. The lowest BCUT2D eigenvalue weighted by molar-refractivity contribution is -0.105. The Morgan fingerprint density at radius 3 is 2.49 bits per heavy atom. The van der Waals surface area contributed by atoms with Gasteiger partial charge in [0.1, 0.15) is 5.76 Å². The molecule has 202 valence electrons. The minimum absolute atomic E-state index is 0.383. The number of fused-ring (bicyclic) bond motifs is 6. The normalized spacial score (nSPS) is 37.5. The van der Waals surface area contributed by atoms with Gasteiger partial charge in [-0.1, -0.05) is 83.7 Å². The van der Waals surface area contributed by atoms with E-state index in [1.54, 1.807) is 0 Å². The molecular weight excluding hydrogens is 472 g/mol. The van der Waals surface area contributed by atoms with Gasteiger partial charge >= 0.3 is 0 Å². The van der Waals surface area contributed by atoms with Crippen LogP contribution in [0.2, 0.25) is 5.02 Å². The second kappa shape index (κ2) is 9.76. The summed E-state index contributed by atoms with van der Waals surface area (Å²) in [6, 6.07) is 8.28. The Morgan fingerprint density at radius 1 is 0.919 bits per heavy atom. The Hall–Kier alpha value is -1.21. The van der Waals surface area contributed by atoms with Crippen LogP contribution in [0, 0.1) is 52.3 Å². The standard InChI is InChI=1S/C35H49ClO/c1-22(2)9-8-10-23(3)29-15-16-30-26-14-13-24-19-27-28(25-11-6-7-12-32(25)36)21-37-33(27)20-35(24,5)31(26)17-18-34(29,30)4/h6-7,11-12,21-24,26,29-31H,8-10,13-20H2,1-5H3/t23-,24+,26+,29+,30+,31-,34+,35-/m0/s1. The zero-order valence-corrected chi connectivity index (χ0v) is 24.7. The van der Waals surface area contributed by atoms with Crippen molar-refractivity contribution in [2.24, 2.45) is 52.3 Å². The molecule has 4 aliphatic rings. The van der Waals surface area contributed by atoms with Crippen LogP contribution in [-0.2, 0) is 12.8 Å². The molecule has 4 aliphatic carbocycles. The third-order valence-electron chi connectivity index (χ3n) is 12.4. The molecule has 1 nitrogen and oxygen atoms in total. The first kappa shape index (κ1) is 26.0. The second-order valence-corrected chi connectivity index (χ2v) is 15.0. The quantitative estimate of drug-likeness (QED) is 0.369. The molecule has 8 atom stereocenters. The van der Waals surface area contributed by atoms with Crippen LogP contribution in [-0.4, -0.2) is 0 Å². The van der Waals surface area contributed by atoms with Crippen LogP contribution in [0.1, 0.15) is 104 Å². The summed E-state index contributed by atoms with van der Waals surface area (Å²) in [5, 5.41) is 0.837. The van der Waals surface area contributed by atoms with E-state index in [1.165, 1.54) is 81.1 Å². The minimum Gasteiger partial charge on any atom is -0.468 e. The molecule has 3 fully saturated rings. The van der Waals surface area contributed by atoms with Gasteiger partial charge in [-0.05, 0) is 103 Å². The highest BCUT2D eigenvalue weighted by Crippen LogP contribution is 2.68. The molecule has 37 heavy (non-hydrogen) atoms. The van der Waals surface area contributed by atoms with Gasteiger partial charge in [-0.2, -0.15) is 0 Å². The smallest absolute Gasteiger partial charge is 0.108 e. The van der Waals surface area contributed by atoms with Crippen molar-refractivity contribution in [3.05, 3.63) is 46.9 Å². The van der Waals surface area contributed by atoms with Crippen molar-refractivity contribution in [1.29, 1.82) is 0 Å². The van der Waals surface area contributed by atoms with Gasteiger partial charge in [0.05, 0.1) is 6.26 Å². The lowest BCUT2D eigenvalue weighted by Crippen LogP contribution is -2.54. The maximum atomic E-state index is 6.61. The zero-order valence-electron chi connectivity index (χ0n) is 24.0. The van der Waals surface area contributed by atoms with Crippen molar-refractivity contribution in [2.45, 2.75) is 105 Å². The first-order valence-corrected chi connectivity index (χ1v) is 15.9. The Bertz CT molecular complexity index is 1110. The Balaban J connectivity index is 1.22. The Labute approximate surface area is 231 Å². The van der Waals surface area contributed by atoms with Gasteiger partial charge in [0.25, 0.3) is 0 Å². The van der Waals surface area contributed by atoms with Crippen molar-refractivity contribution < 1.29 is 4.42 Å². The summed E-state index contributed by atoms with van der Waals surface area (Å²) in [4.78, 5) is 0. The summed E-state index contributed by atoms with van der Waals surface area (Å²) < 4.78 is 6.34. The largest absolute Gasteiger partial charge is 0.468 e. The summed E-state index contributed by atoms with van der Waals surface area (Å²) in [7, 11) is 0. The van der Waals surface area contributed by atoms with Crippen molar-refractivity contribution in [2.75, 3.05) is 0 Å². The highest BCUT2D eigenvalue weighted by atomic mass is 35.5. The molecule has 0 spiro atoms. The average molecular weight is 521 g/mol. The molecule has 0 N–H and O–H groups in total. The molecule has 1 aromatic carbocycles. The molecule has 0 unspecified atom stereocenters. The molecule has 0 amide bonds. The van der Waals surface area contributed by atoms with E-state index < -0.39 is 0 Å². The topological polar surface area (TPSA) is 13.1 Å². The molecule has 6 rings (SSSR count). The third kappa shape index (κ3) is 4.25. The summed E-state index contributed by atoms with van der Waals surface area (Å²) in [5.41, 5.74) is 4.79. The van der Waals surface area contributed by atoms with Crippen LogP contribution in [0.4, 0.5) is 0 Å². The van der Waals surface area contributed by atoms with Crippen LogP contribution in [0.5, 0.6) is 0 Å². The molecule has 1 aromatic heterocycles. The van der Waals surface area contributed by atoms with Gasteiger partial charge < -0.3 is 4.42 Å². The van der Waals surface area contributed by atoms with Crippen molar-refractivity contribution in [3.63, 3.8) is 0 Å². The van der Waals surface area contributed by atoms with Crippen LogP contribution in [0.3, 0.4) is 0 Å². The van der Waals surface area contributed by atoms with Gasteiger partial charge in [-0.3, -0.25) is 0 Å². The first-order valence-electron chi connectivity index (χ1n) is 15.6. The van der Waals surface area contributed by atoms with Gasteiger partial charge in [-0.15, -0.1) is 0 Å². The predicted octanol–water partition coefficient (Wildman–Crippen LogP) is 10.6. The second-order valence-electron chi connectivity index (χ2n) is 14.6. The van der Waals surface area contributed by atoms with Gasteiger partial charge in [0.2, 0.25) is 0 Å². The van der Waals surface area contributed by atoms with E-state index in [0.717, 1.165) is 58.4 Å². The van der Waals surface area contributed by atoms with Crippen molar-refractivity contribution in [3.8, 4) is 11.1 Å². The molecule has 0 bridgehead atoms. The predicted molar refractivity (Wildman–Crippen MR) is 156 cm³/mol. The fourth-order valence-electron chi connectivity index (χ4n) is 10.5. The number of halogens is 1. The Morgan fingerprint density at radius 2 is 1.70 bits per heavy atom. The molecule has 2 heteroatoms. The van der Waals surface area contributed by atoms with E-state index in [-0.39, 0.29) is 0 Å². The molecule has 2 aromatic rings. The van der Waals surface area contributed by atoms with Crippen LogP contribution in [0.15, 0.2) is 34.9 Å². The highest BCUT2D eigenvalue weighted by molar-refractivity contribution is 6.33. The summed E-state index contributed by atoms with van der Waals surface area (Å²) in [6.07, 6.45) is 17.3. The molecule has 0 aliphatic heterocycles. The lowest BCUT2D eigenvalue weighted by Gasteiger charge is -2.60. The van der Waals surface area contributed by atoms with Gasteiger partial charge in [-0.25, -0.2) is 0 Å². The van der Waals surface area contributed by atoms with Crippen LogP contribution < -0.4 is 0 Å². The molecule has 3 saturated carbocycles. The minimum atomic E-state index is 0.383. The number of hydrogen-bond acceptors (Lipinski definition) is 1. The third-order valence-corrected chi connectivity index (χ3v) is 12.7. The maximum absolute atomic E-state index is 6.61. The van der Waals surface area contributed by atoms with Gasteiger partial charge in [0.15, 0.2) is 0 Å². The molecular formula is C35H49ClO. The molecule has 1 heterocycles. The summed E-state index contributed by atoms with van der Waals surface area (Å²) in [6.45, 7) is 12.7. The average Bonchev–Trinajstić information content (AvgIpc) is 3.42. The summed E-state index contributed by atoms with van der Waals surface area (Å²) >= 11 is 6.61. The molecule has 0 saturated heterocycles. The van der Waals surface area contributed by atoms with E-state index >= 15 is 0 Å². The fraction of sp³-hybridized carbons (Fsp3) is 0.714. The van der Waals surface area contributed by atoms with Crippen molar-refractivity contribution >= 4 is 11.6 Å². The Kier molecular flexibility index (Phi) is 6.87. The summed E-state index contributed by atoms with van der Waals surface area (Å²) in [5.74, 6) is 7.43. The lowest BCUT2D eigenvalue weighted by atomic mass is 9.44. The highest BCUT2D eigenvalue weighted by Gasteiger charge is 2.60. The maximum Gasteiger partial charge on any atom is 0.108 e. The SMILES string of the molecule is CC(C)CCC[C@H](C)[C@H]1CC[C@@H]2[C@H]3CC[C@@H]4Cc5c(-c6ccccc6Cl)coc5C[C@]4(C)[C@H]3CC[C@@]21C. The zero-order chi connectivity index (χ0) is 25.9. The number of furan rings is 1.